The second-order valence-electron chi connectivity index (χ2n) is 4.66. The Morgan fingerprint density at radius 2 is 1.90 bits per heavy atom. The van der Waals surface area contributed by atoms with Gasteiger partial charge in [-0.1, -0.05) is 24.3 Å². The molecule has 2 aromatic carbocycles. The van der Waals surface area contributed by atoms with E-state index in [4.69, 9.17) is 9.84 Å². The fourth-order valence-electron chi connectivity index (χ4n) is 1.92. The molecular formula is C16H15FO3. The van der Waals surface area contributed by atoms with E-state index in [1.54, 1.807) is 12.1 Å². The largest absolute Gasteiger partial charge is 0.490 e. The van der Waals surface area contributed by atoms with Crippen molar-refractivity contribution in [3.05, 3.63) is 53.8 Å². The van der Waals surface area contributed by atoms with E-state index < -0.39 is 11.8 Å². The van der Waals surface area contributed by atoms with E-state index in [-0.39, 0.29) is 11.7 Å². The standard InChI is InChI=1S/C16H15FO3/c1-10(2)20-15-6-4-3-5-12(15)11-7-8-14(17)13(9-11)16(18)19/h3-10H,1-2H3,(H,18,19). The van der Waals surface area contributed by atoms with E-state index in [9.17, 15) is 9.18 Å². The first kappa shape index (κ1) is 14.1. The van der Waals surface area contributed by atoms with E-state index in [1.807, 2.05) is 32.0 Å². The number of hydrogen-bond acceptors (Lipinski definition) is 2. The number of carboxylic acids is 1. The van der Waals surface area contributed by atoms with Crippen molar-refractivity contribution in [2.24, 2.45) is 0 Å². The Morgan fingerprint density at radius 3 is 2.55 bits per heavy atom. The van der Waals surface area contributed by atoms with Gasteiger partial charge in [0.15, 0.2) is 0 Å². The normalized spacial score (nSPS) is 10.6. The summed E-state index contributed by atoms with van der Waals surface area (Å²) >= 11 is 0. The van der Waals surface area contributed by atoms with E-state index >= 15 is 0 Å². The minimum Gasteiger partial charge on any atom is -0.490 e. The minimum atomic E-state index is -1.29. The van der Waals surface area contributed by atoms with Crippen LogP contribution in [0.5, 0.6) is 5.75 Å². The average Bonchev–Trinajstić information content (AvgIpc) is 2.39. The van der Waals surface area contributed by atoms with E-state index in [2.05, 4.69) is 0 Å². The molecule has 0 aliphatic carbocycles. The van der Waals surface area contributed by atoms with Crippen molar-refractivity contribution >= 4 is 5.97 Å². The monoisotopic (exact) mass is 274 g/mol. The maximum atomic E-state index is 13.4. The van der Waals surface area contributed by atoms with Crippen LogP contribution in [-0.2, 0) is 0 Å². The predicted octanol–water partition coefficient (Wildman–Crippen LogP) is 3.98. The highest BCUT2D eigenvalue weighted by molar-refractivity contribution is 5.90. The Morgan fingerprint density at radius 1 is 1.20 bits per heavy atom. The van der Waals surface area contributed by atoms with Crippen LogP contribution in [0.3, 0.4) is 0 Å². The van der Waals surface area contributed by atoms with Crippen LogP contribution in [0.25, 0.3) is 11.1 Å². The summed E-state index contributed by atoms with van der Waals surface area (Å²) in [5.74, 6) is -1.39. The fourth-order valence-corrected chi connectivity index (χ4v) is 1.92. The molecule has 0 bridgehead atoms. The Bertz CT molecular complexity index is 635. The van der Waals surface area contributed by atoms with Crippen molar-refractivity contribution in [3.8, 4) is 16.9 Å². The molecule has 0 heterocycles. The van der Waals surface area contributed by atoms with Gasteiger partial charge in [-0.3, -0.25) is 0 Å². The molecule has 0 saturated carbocycles. The van der Waals surface area contributed by atoms with Crippen LogP contribution < -0.4 is 4.74 Å². The van der Waals surface area contributed by atoms with Gasteiger partial charge in [0.1, 0.15) is 11.6 Å². The first-order valence-corrected chi connectivity index (χ1v) is 6.28. The summed E-state index contributed by atoms with van der Waals surface area (Å²) in [6, 6.07) is 11.3. The molecule has 2 rings (SSSR count). The smallest absolute Gasteiger partial charge is 0.338 e. The number of halogens is 1. The van der Waals surface area contributed by atoms with Gasteiger partial charge in [-0.25, -0.2) is 9.18 Å². The molecule has 1 N–H and O–H groups in total. The molecule has 0 amide bonds. The molecule has 4 heteroatoms. The van der Waals surface area contributed by atoms with Gasteiger partial charge < -0.3 is 9.84 Å². The number of carboxylic acid groups (broad SMARTS) is 1. The molecule has 0 fully saturated rings. The SMILES string of the molecule is CC(C)Oc1ccccc1-c1ccc(F)c(C(=O)O)c1. The van der Waals surface area contributed by atoms with Gasteiger partial charge in [0, 0.05) is 5.56 Å². The van der Waals surface area contributed by atoms with Crippen LogP contribution in [0.15, 0.2) is 42.5 Å². The lowest BCUT2D eigenvalue weighted by Gasteiger charge is -2.14. The van der Waals surface area contributed by atoms with Crippen molar-refractivity contribution in [1.82, 2.24) is 0 Å². The average molecular weight is 274 g/mol. The zero-order valence-electron chi connectivity index (χ0n) is 11.3. The first-order chi connectivity index (χ1) is 9.49. The van der Waals surface area contributed by atoms with Crippen molar-refractivity contribution < 1.29 is 19.0 Å². The van der Waals surface area contributed by atoms with Gasteiger partial charge >= 0.3 is 5.97 Å². The molecule has 0 aliphatic heterocycles. The molecule has 0 atom stereocenters. The Hall–Kier alpha value is -2.36. The topological polar surface area (TPSA) is 46.5 Å². The number of rotatable bonds is 4. The third-order valence-corrected chi connectivity index (χ3v) is 2.76. The molecule has 0 aliphatic rings. The van der Waals surface area contributed by atoms with Crippen LogP contribution in [0.4, 0.5) is 4.39 Å². The van der Waals surface area contributed by atoms with Crippen LogP contribution in [0, 0.1) is 5.82 Å². The third-order valence-electron chi connectivity index (χ3n) is 2.76. The lowest BCUT2D eigenvalue weighted by molar-refractivity contribution is 0.0692. The summed E-state index contributed by atoms with van der Waals surface area (Å²) < 4.78 is 19.1. The molecule has 3 nitrogen and oxygen atoms in total. The quantitative estimate of drug-likeness (QED) is 0.917. The highest BCUT2D eigenvalue weighted by Gasteiger charge is 2.14. The Kier molecular flexibility index (Phi) is 4.03. The molecule has 0 aromatic heterocycles. The maximum Gasteiger partial charge on any atom is 0.338 e. The van der Waals surface area contributed by atoms with Crippen molar-refractivity contribution in [1.29, 1.82) is 0 Å². The fraction of sp³-hybridized carbons (Fsp3) is 0.188. The highest BCUT2D eigenvalue weighted by atomic mass is 19.1. The van der Waals surface area contributed by atoms with E-state index in [0.29, 0.717) is 11.3 Å². The number of hydrogen-bond donors (Lipinski definition) is 1. The summed E-state index contributed by atoms with van der Waals surface area (Å²) in [6.45, 7) is 3.81. The predicted molar refractivity (Wildman–Crippen MR) is 74.6 cm³/mol. The Labute approximate surface area is 116 Å². The summed E-state index contributed by atoms with van der Waals surface area (Å²) in [6.07, 6.45) is -0.00413. The zero-order chi connectivity index (χ0) is 14.7. The summed E-state index contributed by atoms with van der Waals surface area (Å²) in [4.78, 5) is 11.0. The van der Waals surface area contributed by atoms with Crippen LogP contribution in [0.1, 0.15) is 24.2 Å². The lowest BCUT2D eigenvalue weighted by Crippen LogP contribution is -2.06. The maximum absolute atomic E-state index is 13.4. The number of carbonyl (C=O) groups is 1. The van der Waals surface area contributed by atoms with Crippen LogP contribution in [0.2, 0.25) is 0 Å². The molecule has 0 spiro atoms. The second kappa shape index (κ2) is 5.74. The number of para-hydroxylation sites is 1. The molecule has 0 unspecified atom stereocenters. The van der Waals surface area contributed by atoms with Gasteiger partial charge in [-0.15, -0.1) is 0 Å². The third kappa shape index (κ3) is 2.96. The molecule has 2 aromatic rings. The molecule has 104 valence electrons. The number of aromatic carboxylic acids is 1. The summed E-state index contributed by atoms with van der Waals surface area (Å²) in [5, 5.41) is 8.98. The van der Waals surface area contributed by atoms with Gasteiger partial charge in [-0.05, 0) is 37.6 Å². The van der Waals surface area contributed by atoms with Gasteiger partial charge in [0.05, 0.1) is 11.7 Å². The molecule has 0 saturated heterocycles. The van der Waals surface area contributed by atoms with Gasteiger partial charge in [-0.2, -0.15) is 0 Å². The summed E-state index contributed by atoms with van der Waals surface area (Å²) in [5.41, 5.74) is 1.01. The molecule has 20 heavy (non-hydrogen) atoms. The zero-order valence-corrected chi connectivity index (χ0v) is 11.3. The van der Waals surface area contributed by atoms with Crippen molar-refractivity contribution in [2.45, 2.75) is 20.0 Å². The molecular weight excluding hydrogens is 259 g/mol. The van der Waals surface area contributed by atoms with Gasteiger partial charge in [0.2, 0.25) is 0 Å². The number of ether oxygens (including phenoxy) is 1. The lowest BCUT2D eigenvalue weighted by atomic mass is 10.0. The van der Waals surface area contributed by atoms with Crippen molar-refractivity contribution in [2.75, 3.05) is 0 Å². The molecule has 0 radical (unpaired) electrons. The highest BCUT2D eigenvalue weighted by Crippen LogP contribution is 2.31. The first-order valence-electron chi connectivity index (χ1n) is 6.28. The minimum absolute atomic E-state index is 0.00413. The summed E-state index contributed by atoms with van der Waals surface area (Å²) in [7, 11) is 0. The second-order valence-corrected chi connectivity index (χ2v) is 4.66. The van der Waals surface area contributed by atoms with Crippen LogP contribution >= 0.6 is 0 Å². The van der Waals surface area contributed by atoms with E-state index in [0.717, 1.165) is 11.6 Å². The van der Waals surface area contributed by atoms with E-state index in [1.165, 1.54) is 6.07 Å². The Balaban J connectivity index is 2.51. The van der Waals surface area contributed by atoms with Gasteiger partial charge in [0.25, 0.3) is 0 Å². The van der Waals surface area contributed by atoms with Crippen LogP contribution in [-0.4, -0.2) is 17.2 Å². The van der Waals surface area contributed by atoms with Crippen molar-refractivity contribution in [3.63, 3.8) is 0 Å². The number of benzene rings is 2.